The van der Waals surface area contributed by atoms with E-state index in [4.69, 9.17) is 10.5 Å². The van der Waals surface area contributed by atoms with Gasteiger partial charge in [-0.25, -0.2) is 4.39 Å². The molecule has 0 bridgehead atoms. The molecule has 3 heteroatoms. The number of hydrogen-bond acceptors (Lipinski definition) is 2. The molecule has 0 aliphatic heterocycles. The number of rotatable bonds is 6. The summed E-state index contributed by atoms with van der Waals surface area (Å²) in [6.07, 6.45) is 2.95. The van der Waals surface area contributed by atoms with Crippen molar-refractivity contribution in [3.63, 3.8) is 0 Å². The van der Waals surface area contributed by atoms with Crippen molar-refractivity contribution in [2.75, 3.05) is 13.2 Å². The van der Waals surface area contributed by atoms with Crippen molar-refractivity contribution in [3.05, 3.63) is 29.6 Å². The highest BCUT2D eigenvalue weighted by atomic mass is 19.1. The molecule has 1 aromatic rings. The summed E-state index contributed by atoms with van der Waals surface area (Å²) in [5.41, 5.74) is 6.37. The molecule has 2 nitrogen and oxygen atoms in total. The van der Waals surface area contributed by atoms with Crippen LogP contribution >= 0.6 is 0 Å². The third-order valence-corrected chi connectivity index (χ3v) is 2.19. The smallest absolute Gasteiger partial charge is 0.165 e. The van der Waals surface area contributed by atoms with Crippen LogP contribution in [-0.2, 0) is 0 Å². The van der Waals surface area contributed by atoms with Crippen LogP contribution in [0, 0.1) is 12.7 Å². The molecule has 0 heterocycles. The summed E-state index contributed by atoms with van der Waals surface area (Å²) in [5.74, 6) is 0.0576. The van der Waals surface area contributed by atoms with E-state index in [1.54, 1.807) is 12.1 Å². The van der Waals surface area contributed by atoms with E-state index >= 15 is 0 Å². The summed E-state index contributed by atoms with van der Waals surface area (Å²) in [4.78, 5) is 0. The van der Waals surface area contributed by atoms with Crippen LogP contribution in [0.3, 0.4) is 0 Å². The standard InChI is InChI=1S/C12H18FNO/c1-10-5-6-11(13)12(9-10)15-8-4-2-3-7-14/h5-6,9H,2-4,7-8,14H2,1H3. The molecule has 0 amide bonds. The molecule has 15 heavy (non-hydrogen) atoms. The average molecular weight is 211 g/mol. The van der Waals surface area contributed by atoms with Gasteiger partial charge in [-0.2, -0.15) is 0 Å². The van der Waals surface area contributed by atoms with Gasteiger partial charge in [0.1, 0.15) is 0 Å². The Morgan fingerprint density at radius 1 is 1.27 bits per heavy atom. The van der Waals surface area contributed by atoms with E-state index in [1.807, 2.05) is 6.92 Å². The fraction of sp³-hybridized carbons (Fsp3) is 0.500. The second kappa shape index (κ2) is 6.40. The molecule has 0 saturated carbocycles. The molecule has 0 aliphatic rings. The van der Waals surface area contributed by atoms with Crippen LogP contribution in [-0.4, -0.2) is 13.2 Å². The first-order valence-electron chi connectivity index (χ1n) is 5.33. The van der Waals surface area contributed by atoms with E-state index in [1.165, 1.54) is 6.07 Å². The summed E-state index contributed by atoms with van der Waals surface area (Å²) in [6.45, 7) is 3.18. The van der Waals surface area contributed by atoms with E-state index in [9.17, 15) is 4.39 Å². The highest BCUT2D eigenvalue weighted by Gasteiger charge is 2.02. The fourth-order valence-corrected chi connectivity index (χ4v) is 1.33. The highest BCUT2D eigenvalue weighted by Crippen LogP contribution is 2.18. The lowest BCUT2D eigenvalue weighted by molar-refractivity contribution is 0.291. The van der Waals surface area contributed by atoms with Gasteiger partial charge in [-0.05, 0) is 50.4 Å². The number of halogens is 1. The number of aryl methyl sites for hydroxylation is 1. The van der Waals surface area contributed by atoms with Crippen molar-refractivity contribution in [3.8, 4) is 5.75 Å². The molecular formula is C12H18FNO. The first-order valence-corrected chi connectivity index (χ1v) is 5.33. The molecule has 0 radical (unpaired) electrons. The van der Waals surface area contributed by atoms with Crippen molar-refractivity contribution >= 4 is 0 Å². The molecule has 0 atom stereocenters. The Bertz CT molecular complexity index is 302. The minimum atomic E-state index is -0.292. The Kier molecular flexibility index (Phi) is 5.12. The average Bonchev–Trinajstić information content (AvgIpc) is 2.23. The predicted molar refractivity (Wildman–Crippen MR) is 59.5 cm³/mol. The van der Waals surface area contributed by atoms with Crippen LogP contribution in [0.1, 0.15) is 24.8 Å². The molecule has 0 spiro atoms. The second-order valence-corrected chi connectivity index (χ2v) is 3.63. The molecule has 2 N–H and O–H groups in total. The van der Waals surface area contributed by atoms with Crippen molar-refractivity contribution in [2.24, 2.45) is 5.73 Å². The third-order valence-electron chi connectivity index (χ3n) is 2.19. The van der Waals surface area contributed by atoms with E-state index in [2.05, 4.69) is 0 Å². The van der Waals surface area contributed by atoms with Crippen molar-refractivity contribution in [2.45, 2.75) is 26.2 Å². The third kappa shape index (κ3) is 4.30. The van der Waals surface area contributed by atoms with Gasteiger partial charge in [0.05, 0.1) is 6.61 Å². The van der Waals surface area contributed by atoms with Crippen LogP contribution in [0.4, 0.5) is 4.39 Å². The number of ether oxygens (including phenoxy) is 1. The summed E-state index contributed by atoms with van der Waals surface area (Å²) < 4.78 is 18.5. The van der Waals surface area contributed by atoms with Crippen LogP contribution in [0.15, 0.2) is 18.2 Å². The number of hydrogen-bond donors (Lipinski definition) is 1. The fourth-order valence-electron chi connectivity index (χ4n) is 1.33. The van der Waals surface area contributed by atoms with Crippen molar-refractivity contribution in [1.29, 1.82) is 0 Å². The lowest BCUT2D eigenvalue weighted by Crippen LogP contribution is -2.02. The van der Waals surface area contributed by atoms with E-state index in [0.29, 0.717) is 18.9 Å². The predicted octanol–water partition coefficient (Wildman–Crippen LogP) is 2.64. The zero-order chi connectivity index (χ0) is 11.1. The Balaban J connectivity index is 2.33. The quantitative estimate of drug-likeness (QED) is 0.734. The summed E-state index contributed by atoms with van der Waals surface area (Å²) in [5, 5.41) is 0. The minimum Gasteiger partial charge on any atom is -0.491 e. The van der Waals surface area contributed by atoms with Crippen LogP contribution in [0.2, 0.25) is 0 Å². The Morgan fingerprint density at radius 3 is 2.80 bits per heavy atom. The number of benzene rings is 1. The lowest BCUT2D eigenvalue weighted by atomic mass is 10.2. The summed E-state index contributed by atoms with van der Waals surface area (Å²) >= 11 is 0. The van der Waals surface area contributed by atoms with Gasteiger partial charge in [-0.3, -0.25) is 0 Å². The topological polar surface area (TPSA) is 35.2 Å². The zero-order valence-electron chi connectivity index (χ0n) is 9.13. The first kappa shape index (κ1) is 12.0. The molecule has 0 saturated heterocycles. The van der Waals surface area contributed by atoms with Gasteiger partial charge < -0.3 is 10.5 Å². The Morgan fingerprint density at radius 2 is 2.07 bits per heavy atom. The maximum atomic E-state index is 13.2. The van der Waals surface area contributed by atoms with Gasteiger partial charge in [0.15, 0.2) is 11.6 Å². The molecule has 1 aromatic carbocycles. The zero-order valence-corrected chi connectivity index (χ0v) is 9.13. The Hall–Kier alpha value is -1.09. The maximum Gasteiger partial charge on any atom is 0.165 e. The van der Waals surface area contributed by atoms with Gasteiger partial charge >= 0.3 is 0 Å². The second-order valence-electron chi connectivity index (χ2n) is 3.63. The van der Waals surface area contributed by atoms with Gasteiger partial charge in [0, 0.05) is 0 Å². The van der Waals surface area contributed by atoms with Crippen LogP contribution < -0.4 is 10.5 Å². The van der Waals surface area contributed by atoms with Gasteiger partial charge in [0.2, 0.25) is 0 Å². The number of nitrogens with two attached hydrogens (primary N) is 1. The highest BCUT2D eigenvalue weighted by molar-refractivity contribution is 5.29. The SMILES string of the molecule is Cc1ccc(F)c(OCCCCCN)c1. The summed E-state index contributed by atoms with van der Waals surface area (Å²) in [7, 11) is 0. The normalized spacial score (nSPS) is 10.3. The van der Waals surface area contributed by atoms with Crippen LogP contribution in [0.25, 0.3) is 0 Å². The molecule has 0 aromatic heterocycles. The van der Waals surface area contributed by atoms with Gasteiger partial charge in [-0.15, -0.1) is 0 Å². The molecule has 0 fully saturated rings. The monoisotopic (exact) mass is 211 g/mol. The molecule has 1 rings (SSSR count). The van der Waals surface area contributed by atoms with E-state index < -0.39 is 0 Å². The summed E-state index contributed by atoms with van der Waals surface area (Å²) in [6, 6.07) is 4.89. The van der Waals surface area contributed by atoms with Crippen molar-refractivity contribution < 1.29 is 9.13 Å². The van der Waals surface area contributed by atoms with Crippen LogP contribution in [0.5, 0.6) is 5.75 Å². The number of unbranched alkanes of at least 4 members (excludes halogenated alkanes) is 2. The van der Waals surface area contributed by atoms with Crippen molar-refractivity contribution in [1.82, 2.24) is 0 Å². The minimum absolute atomic E-state index is 0.292. The lowest BCUT2D eigenvalue weighted by Gasteiger charge is -2.07. The Labute approximate surface area is 90.2 Å². The van der Waals surface area contributed by atoms with E-state index in [-0.39, 0.29) is 5.82 Å². The largest absolute Gasteiger partial charge is 0.491 e. The van der Waals surface area contributed by atoms with Gasteiger partial charge in [0.25, 0.3) is 0 Å². The maximum absolute atomic E-state index is 13.2. The molecule has 0 unspecified atom stereocenters. The first-order chi connectivity index (χ1) is 7.24. The molecule has 84 valence electrons. The molecular weight excluding hydrogens is 193 g/mol. The van der Waals surface area contributed by atoms with E-state index in [0.717, 1.165) is 24.8 Å². The van der Waals surface area contributed by atoms with Gasteiger partial charge in [-0.1, -0.05) is 6.07 Å². The molecule has 0 aliphatic carbocycles.